The molecule has 0 atom stereocenters. The maximum absolute atomic E-state index is 13.3. The Bertz CT molecular complexity index is 1440. The fourth-order valence-electron chi connectivity index (χ4n) is 6.27. The molecule has 44 heavy (non-hydrogen) atoms. The third-order valence-electron chi connectivity index (χ3n) is 8.64. The van der Waals surface area contributed by atoms with Crippen molar-refractivity contribution in [3.63, 3.8) is 0 Å². The molecule has 0 aliphatic carbocycles. The van der Waals surface area contributed by atoms with Crippen LogP contribution in [-0.4, -0.2) is 89.4 Å². The van der Waals surface area contributed by atoms with Gasteiger partial charge in [-0.2, -0.15) is 13.2 Å². The van der Waals surface area contributed by atoms with Gasteiger partial charge >= 0.3 is 12.3 Å². The maximum Gasteiger partial charge on any atom is 0.422 e. The summed E-state index contributed by atoms with van der Waals surface area (Å²) in [5, 5.41) is 0.588. The normalized spacial score (nSPS) is 19.2. The van der Waals surface area contributed by atoms with Gasteiger partial charge in [0.25, 0.3) is 0 Å². The number of amides is 2. The van der Waals surface area contributed by atoms with Gasteiger partial charge < -0.3 is 24.2 Å². The number of fused-ring (bicyclic) bond motifs is 1. The zero-order chi connectivity index (χ0) is 32.0. The van der Waals surface area contributed by atoms with Crippen LogP contribution in [-0.2, 0) is 9.53 Å². The van der Waals surface area contributed by atoms with Gasteiger partial charge in [-0.05, 0) is 74.0 Å². The zero-order valence-electron chi connectivity index (χ0n) is 25.6. The van der Waals surface area contributed by atoms with E-state index in [2.05, 4.69) is 27.4 Å². The van der Waals surface area contributed by atoms with Crippen LogP contribution < -0.4 is 9.64 Å². The lowest BCUT2D eigenvalue weighted by molar-refractivity contribution is -0.153. The van der Waals surface area contributed by atoms with Crippen LogP contribution in [0.25, 0.3) is 17.0 Å². The van der Waals surface area contributed by atoms with Crippen molar-refractivity contribution in [1.82, 2.24) is 19.8 Å². The van der Waals surface area contributed by atoms with E-state index in [0.29, 0.717) is 84.7 Å². The summed E-state index contributed by atoms with van der Waals surface area (Å²) >= 11 is 3.44. The predicted molar refractivity (Wildman–Crippen MR) is 165 cm³/mol. The lowest BCUT2D eigenvalue weighted by Crippen LogP contribution is -2.62. The highest BCUT2D eigenvalue weighted by Crippen LogP contribution is 2.45. The van der Waals surface area contributed by atoms with Gasteiger partial charge in [0.05, 0.1) is 4.47 Å². The third kappa shape index (κ3) is 6.92. The number of rotatable bonds is 5. The van der Waals surface area contributed by atoms with Gasteiger partial charge in [0, 0.05) is 62.9 Å². The van der Waals surface area contributed by atoms with E-state index in [4.69, 9.17) is 19.4 Å². The number of likely N-dealkylation sites (tertiary alicyclic amines) is 2. The summed E-state index contributed by atoms with van der Waals surface area (Å²) in [6, 6.07) is 1.84. The number of carbonyl (C=O) groups is 2. The number of piperidine rings is 2. The fourth-order valence-corrected chi connectivity index (χ4v) is 6.85. The molecule has 5 rings (SSSR count). The van der Waals surface area contributed by atoms with Crippen molar-refractivity contribution in [3.05, 3.63) is 28.5 Å². The quantitative estimate of drug-likeness (QED) is 0.354. The van der Waals surface area contributed by atoms with Crippen LogP contribution in [0.15, 0.2) is 17.1 Å². The molecule has 1 aromatic heterocycles. The largest absolute Gasteiger partial charge is 0.481 e. The molecule has 2 amide bonds. The Morgan fingerprint density at radius 3 is 2.27 bits per heavy atom. The van der Waals surface area contributed by atoms with Gasteiger partial charge in [0.15, 0.2) is 12.4 Å². The van der Waals surface area contributed by atoms with E-state index in [0.717, 1.165) is 12.8 Å². The molecule has 3 aliphatic rings. The lowest BCUT2D eigenvalue weighted by Gasteiger charge is -2.53. The Labute approximate surface area is 263 Å². The summed E-state index contributed by atoms with van der Waals surface area (Å²) in [4.78, 5) is 40.0. The molecule has 0 unspecified atom stereocenters. The summed E-state index contributed by atoms with van der Waals surface area (Å²) in [5.74, 6) is 1.12. The van der Waals surface area contributed by atoms with Crippen LogP contribution in [0.5, 0.6) is 5.75 Å². The molecule has 9 nitrogen and oxygen atoms in total. The van der Waals surface area contributed by atoms with E-state index in [9.17, 15) is 22.8 Å². The number of alkyl halides is 3. The molecule has 0 radical (unpaired) electrons. The van der Waals surface area contributed by atoms with Crippen molar-refractivity contribution < 1.29 is 32.2 Å². The molecule has 2 aromatic rings. The Hall–Kier alpha value is -3.09. The number of ether oxygens (including phenoxy) is 2. The first-order chi connectivity index (χ1) is 20.6. The topological polar surface area (TPSA) is 88.1 Å². The fraction of sp³-hybridized carbons (Fsp3) is 0.613. The molecule has 240 valence electrons. The zero-order valence-corrected chi connectivity index (χ0v) is 27.2. The average molecular weight is 683 g/mol. The number of anilines is 1. The number of hydrogen-bond acceptors (Lipinski definition) is 7. The third-order valence-corrected chi connectivity index (χ3v) is 9.46. The second-order valence-corrected chi connectivity index (χ2v) is 13.9. The van der Waals surface area contributed by atoms with Crippen molar-refractivity contribution >= 4 is 50.7 Å². The van der Waals surface area contributed by atoms with Crippen LogP contribution >= 0.6 is 15.9 Å². The first kappa shape index (κ1) is 32.3. The van der Waals surface area contributed by atoms with Crippen molar-refractivity contribution in [2.75, 3.05) is 50.8 Å². The van der Waals surface area contributed by atoms with E-state index in [1.165, 1.54) is 0 Å². The molecule has 1 aromatic carbocycles. The van der Waals surface area contributed by atoms with E-state index in [1.54, 1.807) is 22.8 Å². The Morgan fingerprint density at radius 1 is 1.09 bits per heavy atom. The van der Waals surface area contributed by atoms with Gasteiger partial charge in [-0.3, -0.25) is 4.79 Å². The highest BCUT2D eigenvalue weighted by Gasteiger charge is 2.48. The monoisotopic (exact) mass is 681 g/mol. The van der Waals surface area contributed by atoms with Crippen LogP contribution in [0.2, 0.25) is 0 Å². The Morgan fingerprint density at radius 2 is 1.73 bits per heavy atom. The lowest BCUT2D eigenvalue weighted by atomic mass is 9.72. The Balaban J connectivity index is 1.46. The predicted octanol–water partition coefficient (Wildman–Crippen LogP) is 6.54. The number of carbonyl (C=O) groups excluding carboxylic acids is 2. The molecule has 1 spiro atoms. The smallest absolute Gasteiger partial charge is 0.422 e. The van der Waals surface area contributed by atoms with Gasteiger partial charge in [0.2, 0.25) is 5.91 Å². The number of benzene rings is 1. The van der Waals surface area contributed by atoms with Crippen molar-refractivity contribution in [2.24, 2.45) is 5.41 Å². The minimum Gasteiger partial charge on any atom is -0.481 e. The van der Waals surface area contributed by atoms with Gasteiger partial charge in [0.1, 0.15) is 22.8 Å². The first-order valence-electron chi connectivity index (χ1n) is 14.9. The highest BCUT2D eigenvalue weighted by atomic mass is 79.9. The molecule has 3 aliphatic heterocycles. The SMILES string of the molecule is C=Cc1cc2c(N3CCC4(CC3)CN(C(=O)OC(C)(C)C)C4)nc(C3CCN(C(C)=O)CC3)nc2c(OCC(F)(F)F)c1Br. The molecule has 0 bridgehead atoms. The summed E-state index contributed by atoms with van der Waals surface area (Å²) in [5.41, 5.74) is 0.317. The van der Waals surface area contributed by atoms with Crippen LogP contribution in [0.3, 0.4) is 0 Å². The van der Waals surface area contributed by atoms with Gasteiger partial charge in [-0.1, -0.05) is 12.7 Å². The molecule has 4 heterocycles. The average Bonchev–Trinajstić information content (AvgIpc) is 2.93. The molecular weight excluding hydrogens is 643 g/mol. The Kier molecular flexibility index (Phi) is 8.82. The molecule has 0 saturated carbocycles. The summed E-state index contributed by atoms with van der Waals surface area (Å²) in [6.45, 7) is 13.2. The molecule has 3 saturated heterocycles. The van der Waals surface area contributed by atoms with Crippen LogP contribution in [0.1, 0.15) is 70.7 Å². The van der Waals surface area contributed by atoms with Crippen molar-refractivity contribution in [1.29, 1.82) is 0 Å². The van der Waals surface area contributed by atoms with Crippen LogP contribution in [0.4, 0.5) is 23.8 Å². The highest BCUT2D eigenvalue weighted by molar-refractivity contribution is 9.10. The summed E-state index contributed by atoms with van der Waals surface area (Å²) in [7, 11) is 0. The number of aromatic nitrogens is 2. The second-order valence-electron chi connectivity index (χ2n) is 13.1. The van der Waals surface area contributed by atoms with E-state index in [-0.39, 0.29) is 29.1 Å². The van der Waals surface area contributed by atoms with Crippen molar-refractivity contribution in [3.8, 4) is 5.75 Å². The minimum atomic E-state index is -4.54. The van der Waals surface area contributed by atoms with E-state index < -0.39 is 18.4 Å². The van der Waals surface area contributed by atoms with Gasteiger partial charge in [-0.15, -0.1) is 0 Å². The number of nitrogens with zero attached hydrogens (tertiary/aromatic N) is 5. The maximum atomic E-state index is 13.3. The molecular formula is C31H39BrF3N5O4. The van der Waals surface area contributed by atoms with Crippen LogP contribution in [0, 0.1) is 5.41 Å². The molecule has 0 N–H and O–H groups in total. The number of hydrogen-bond donors (Lipinski definition) is 0. The van der Waals surface area contributed by atoms with Crippen molar-refractivity contribution in [2.45, 2.75) is 71.1 Å². The van der Waals surface area contributed by atoms with E-state index in [1.807, 2.05) is 26.8 Å². The first-order valence-corrected chi connectivity index (χ1v) is 15.7. The molecule has 3 fully saturated rings. The molecule has 13 heteroatoms. The second kappa shape index (κ2) is 12.0. The standard InChI is InChI=1S/C31H39BrF3N5O4/c1-6-20-15-22-24(25(23(20)32)43-18-31(33,34)35)36-26(21-7-11-38(12-8-21)19(2)41)37-27(22)39-13-9-30(10-14-39)16-40(17-30)28(42)44-29(3,4)5/h6,15,21H,1,7-14,16-18H2,2-5H3. The summed E-state index contributed by atoms with van der Waals surface area (Å²) in [6.07, 6.45) is -0.326. The number of halogens is 4. The summed E-state index contributed by atoms with van der Waals surface area (Å²) < 4.78 is 51.2. The van der Waals surface area contributed by atoms with Gasteiger partial charge in [-0.25, -0.2) is 14.8 Å². The minimum absolute atomic E-state index is 0.00118. The van der Waals surface area contributed by atoms with E-state index >= 15 is 0 Å².